The molecule has 0 radical (unpaired) electrons. The zero-order chi connectivity index (χ0) is 9.40. The third kappa shape index (κ3) is 4.29. The van der Waals surface area contributed by atoms with Crippen molar-refractivity contribution >= 4 is 5.97 Å². The molecule has 0 bridgehead atoms. The molecule has 0 aliphatic rings. The summed E-state index contributed by atoms with van der Waals surface area (Å²) >= 11 is 0. The lowest BCUT2D eigenvalue weighted by Crippen LogP contribution is -2.15. The highest BCUT2D eigenvalue weighted by Crippen LogP contribution is 1.95. The molecular formula is C8H12N2O2. The van der Waals surface area contributed by atoms with E-state index in [1.54, 1.807) is 0 Å². The molecule has 4 N–H and O–H groups in total. The lowest BCUT2D eigenvalue weighted by atomic mass is 10.2. The van der Waals surface area contributed by atoms with Gasteiger partial charge in [0.15, 0.2) is 0 Å². The van der Waals surface area contributed by atoms with E-state index in [2.05, 4.69) is 11.9 Å². The molecule has 12 heavy (non-hydrogen) atoms. The molecule has 0 aliphatic heterocycles. The van der Waals surface area contributed by atoms with E-state index < -0.39 is 5.97 Å². The van der Waals surface area contributed by atoms with Crippen molar-refractivity contribution in [3.63, 3.8) is 0 Å². The number of allylic oxidation sites excluding steroid dienone is 2. The van der Waals surface area contributed by atoms with Gasteiger partial charge in [0.1, 0.15) is 0 Å². The van der Waals surface area contributed by atoms with E-state index in [4.69, 9.17) is 10.8 Å². The van der Waals surface area contributed by atoms with Crippen LogP contribution in [0.1, 0.15) is 0 Å². The number of rotatable bonds is 5. The molecule has 0 saturated carbocycles. The molecule has 0 spiro atoms. The molecular weight excluding hydrogens is 156 g/mol. The Kier molecular flexibility index (Phi) is 5.38. The lowest BCUT2D eigenvalue weighted by molar-refractivity contribution is -0.132. The van der Waals surface area contributed by atoms with E-state index in [1.807, 2.05) is 0 Å². The molecule has 0 saturated heterocycles. The summed E-state index contributed by atoms with van der Waals surface area (Å²) < 4.78 is 0. The van der Waals surface area contributed by atoms with Crippen molar-refractivity contribution in [3.05, 3.63) is 36.6 Å². The van der Waals surface area contributed by atoms with Crippen LogP contribution < -0.4 is 11.1 Å². The first kappa shape index (κ1) is 10.4. The number of aliphatic carboxylic acids is 1. The molecule has 4 nitrogen and oxygen atoms in total. The van der Waals surface area contributed by atoms with Crippen LogP contribution in [0.25, 0.3) is 0 Å². The quantitative estimate of drug-likeness (QED) is 0.311. The molecule has 4 heteroatoms. The van der Waals surface area contributed by atoms with Gasteiger partial charge in [-0.05, 0) is 18.4 Å². The van der Waals surface area contributed by atoms with Crippen molar-refractivity contribution in [2.24, 2.45) is 5.73 Å². The Bertz CT molecular complexity index is 219. The summed E-state index contributed by atoms with van der Waals surface area (Å²) in [6, 6.07) is 0. The topological polar surface area (TPSA) is 75.3 Å². The van der Waals surface area contributed by atoms with Gasteiger partial charge in [-0.25, -0.2) is 4.79 Å². The SMILES string of the molecule is C=C/C=C(\C=C/NCN)C(=O)O. The molecule has 0 aromatic heterocycles. The molecule has 0 amide bonds. The Hall–Kier alpha value is -1.55. The first-order chi connectivity index (χ1) is 5.72. The predicted molar refractivity (Wildman–Crippen MR) is 47.2 cm³/mol. The smallest absolute Gasteiger partial charge is 0.335 e. The summed E-state index contributed by atoms with van der Waals surface area (Å²) in [5.74, 6) is -0.995. The van der Waals surface area contributed by atoms with E-state index >= 15 is 0 Å². The highest BCUT2D eigenvalue weighted by Gasteiger charge is 1.99. The summed E-state index contributed by atoms with van der Waals surface area (Å²) in [5.41, 5.74) is 5.27. The molecule has 0 unspecified atom stereocenters. The Labute approximate surface area is 71.1 Å². The number of nitrogens with one attached hydrogen (secondary N) is 1. The Morgan fingerprint density at radius 3 is 2.75 bits per heavy atom. The van der Waals surface area contributed by atoms with Gasteiger partial charge in [0.2, 0.25) is 0 Å². The minimum Gasteiger partial charge on any atom is -0.478 e. The van der Waals surface area contributed by atoms with Crippen LogP contribution in [-0.2, 0) is 4.79 Å². The van der Waals surface area contributed by atoms with Crippen LogP contribution in [0.4, 0.5) is 0 Å². The highest BCUT2D eigenvalue weighted by molar-refractivity contribution is 5.90. The fourth-order valence-electron chi connectivity index (χ4n) is 0.542. The second-order valence-electron chi connectivity index (χ2n) is 1.90. The maximum atomic E-state index is 10.5. The van der Waals surface area contributed by atoms with Crippen LogP contribution in [0.15, 0.2) is 36.6 Å². The molecule has 0 aromatic rings. The molecule has 66 valence electrons. The molecule has 0 fully saturated rings. The molecule has 0 heterocycles. The number of nitrogens with two attached hydrogens (primary N) is 1. The van der Waals surface area contributed by atoms with Crippen LogP contribution in [0.5, 0.6) is 0 Å². The van der Waals surface area contributed by atoms with Crippen LogP contribution >= 0.6 is 0 Å². The van der Waals surface area contributed by atoms with Crippen molar-refractivity contribution in [2.75, 3.05) is 6.67 Å². The summed E-state index contributed by atoms with van der Waals surface area (Å²) in [7, 11) is 0. The maximum absolute atomic E-state index is 10.5. The Morgan fingerprint density at radius 2 is 2.33 bits per heavy atom. The van der Waals surface area contributed by atoms with E-state index in [0.29, 0.717) is 0 Å². The van der Waals surface area contributed by atoms with E-state index in [1.165, 1.54) is 24.4 Å². The fourth-order valence-corrected chi connectivity index (χ4v) is 0.542. The number of hydrogen-bond acceptors (Lipinski definition) is 3. The second-order valence-corrected chi connectivity index (χ2v) is 1.90. The maximum Gasteiger partial charge on any atom is 0.335 e. The summed E-state index contributed by atoms with van der Waals surface area (Å²) in [4.78, 5) is 10.5. The zero-order valence-electron chi connectivity index (χ0n) is 6.66. The van der Waals surface area contributed by atoms with Gasteiger partial charge in [-0.1, -0.05) is 12.7 Å². The fraction of sp³-hybridized carbons (Fsp3) is 0.125. The van der Waals surface area contributed by atoms with Crippen molar-refractivity contribution in [2.45, 2.75) is 0 Å². The van der Waals surface area contributed by atoms with Gasteiger partial charge >= 0.3 is 5.97 Å². The molecule has 0 atom stereocenters. The van der Waals surface area contributed by atoms with E-state index in [0.717, 1.165) is 0 Å². The average molecular weight is 168 g/mol. The van der Waals surface area contributed by atoms with Crippen LogP contribution in [0, 0.1) is 0 Å². The van der Waals surface area contributed by atoms with Gasteiger partial charge in [0.05, 0.1) is 12.2 Å². The number of carboxylic acids is 1. The Balaban J connectivity index is 4.23. The van der Waals surface area contributed by atoms with Gasteiger partial charge < -0.3 is 16.2 Å². The highest BCUT2D eigenvalue weighted by atomic mass is 16.4. The minimum absolute atomic E-state index is 0.158. The number of carboxylic acid groups (broad SMARTS) is 1. The van der Waals surface area contributed by atoms with Crippen molar-refractivity contribution in [3.8, 4) is 0 Å². The standard InChI is InChI=1S/C8H12N2O2/c1-2-3-7(8(11)12)4-5-10-6-9/h2-5,10H,1,6,9H2,(H,11,12)/b5-4-,7-3+. The third-order valence-electron chi connectivity index (χ3n) is 1.04. The van der Waals surface area contributed by atoms with Crippen molar-refractivity contribution in [1.82, 2.24) is 5.32 Å². The molecule has 0 rings (SSSR count). The lowest BCUT2D eigenvalue weighted by Gasteiger charge is -1.93. The van der Waals surface area contributed by atoms with Crippen LogP contribution in [0.3, 0.4) is 0 Å². The van der Waals surface area contributed by atoms with E-state index in [-0.39, 0.29) is 12.2 Å². The van der Waals surface area contributed by atoms with Gasteiger partial charge in [-0.2, -0.15) is 0 Å². The average Bonchev–Trinajstić information content (AvgIpc) is 2.03. The van der Waals surface area contributed by atoms with Gasteiger partial charge in [-0.15, -0.1) is 0 Å². The number of carbonyl (C=O) groups is 1. The van der Waals surface area contributed by atoms with Gasteiger partial charge in [0, 0.05) is 0 Å². The van der Waals surface area contributed by atoms with Crippen molar-refractivity contribution in [1.29, 1.82) is 0 Å². The minimum atomic E-state index is -0.995. The largest absolute Gasteiger partial charge is 0.478 e. The van der Waals surface area contributed by atoms with Crippen LogP contribution in [-0.4, -0.2) is 17.7 Å². The summed E-state index contributed by atoms with van der Waals surface area (Å²) in [6.45, 7) is 3.67. The summed E-state index contributed by atoms with van der Waals surface area (Å²) in [6.07, 6.45) is 5.70. The normalized spacial score (nSPS) is 11.6. The summed E-state index contributed by atoms with van der Waals surface area (Å²) in [5, 5.41) is 11.2. The second kappa shape index (κ2) is 6.18. The Morgan fingerprint density at radius 1 is 1.67 bits per heavy atom. The first-order valence-corrected chi connectivity index (χ1v) is 3.38. The zero-order valence-corrected chi connectivity index (χ0v) is 6.66. The predicted octanol–water partition coefficient (Wildman–Crippen LogP) is 0.203. The molecule has 0 aliphatic carbocycles. The molecule has 0 aromatic carbocycles. The van der Waals surface area contributed by atoms with Gasteiger partial charge in [0.25, 0.3) is 0 Å². The van der Waals surface area contributed by atoms with E-state index in [9.17, 15) is 4.79 Å². The van der Waals surface area contributed by atoms with Crippen molar-refractivity contribution < 1.29 is 9.90 Å². The first-order valence-electron chi connectivity index (χ1n) is 3.38. The third-order valence-corrected chi connectivity index (χ3v) is 1.04. The number of hydrogen-bond donors (Lipinski definition) is 3. The monoisotopic (exact) mass is 168 g/mol. The van der Waals surface area contributed by atoms with Gasteiger partial charge in [-0.3, -0.25) is 0 Å². The van der Waals surface area contributed by atoms with Crippen LogP contribution in [0.2, 0.25) is 0 Å².